The molecule has 0 aliphatic heterocycles. The van der Waals surface area contributed by atoms with E-state index in [9.17, 15) is 43.9 Å². The van der Waals surface area contributed by atoms with Gasteiger partial charge in [-0.1, -0.05) is 24.3 Å². The monoisotopic (exact) mass is 464 g/mol. The molecule has 0 fully saturated rings. The first-order chi connectivity index (χ1) is 15.0. The lowest BCUT2D eigenvalue weighted by Gasteiger charge is -2.04. The highest BCUT2D eigenvalue weighted by atomic mass is 19.2. The second-order valence-electron chi connectivity index (χ2n) is 6.02. The van der Waals surface area contributed by atoms with Crippen LogP contribution in [0.2, 0.25) is 0 Å². The van der Waals surface area contributed by atoms with E-state index in [-0.39, 0.29) is 11.1 Å². The largest absolute Gasteiger partial charge is 0.250 e. The molecule has 0 radical (unpaired) electrons. The second-order valence-corrected chi connectivity index (χ2v) is 6.02. The van der Waals surface area contributed by atoms with Gasteiger partial charge in [0.2, 0.25) is 11.6 Å². The van der Waals surface area contributed by atoms with E-state index >= 15 is 0 Å². The fourth-order valence-corrected chi connectivity index (χ4v) is 2.36. The van der Waals surface area contributed by atoms with Gasteiger partial charge in [0.1, 0.15) is 11.4 Å². The fourth-order valence-electron chi connectivity index (χ4n) is 2.36. The molecule has 0 aliphatic rings. The van der Waals surface area contributed by atoms with Gasteiger partial charge in [-0.2, -0.15) is 0 Å². The Balaban J connectivity index is 1.86. The van der Waals surface area contributed by atoms with Gasteiger partial charge < -0.3 is 0 Å². The van der Waals surface area contributed by atoms with Crippen LogP contribution in [0.3, 0.4) is 0 Å². The highest BCUT2D eigenvalue weighted by Crippen LogP contribution is 2.30. The maximum atomic E-state index is 13.6. The zero-order chi connectivity index (χ0) is 23.7. The molecule has 0 N–H and O–H groups in total. The standard InChI is InChI=1S/C20H6F10N2/c21-9-11(23)15(27)19(16(28)12(9)24)31-5-7-1-2-8(4-3-7)6-32-20-17(29)13(25)10(22)14(26)18(20)30/h1-6H. The van der Waals surface area contributed by atoms with Crippen LogP contribution >= 0.6 is 0 Å². The van der Waals surface area contributed by atoms with Gasteiger partial charge in [0, 0.05) is 12.4 Å². The molecular weight excluding hydrogens is 458 g/mol. The predicted molar refractivity (Wildman–Crippen MR) is 93.4 cm³/mol. The molecule has 3 rings (SSSR count). The van der Waals surface area contributed by atoms with Crippen LogP contribution in [0.15, 0.2) is 34.3 Å². The molecule has 0 aliphatic carbocycles. The van der Waals surface area contributed by atoms with Gasteiger partial charge in [0.25, 0.3) is 0 Å². The number of aliphatic imine (C=N–C) groups is 2. The molecular formula is C20H6F10N2. The van der Waals surface area contributed by atoms with E-state index in [4.69, 9.17) is 0 Å². The number of hydrogen-bond donors (Lipinski definition) is 0. The van der Waals surface area contributed by atoms with Crippen LogP contribution in [-0.2, 0) is 0 Å². The summed E-state index contributed by atoms with van der Waals surface area (Å²) in [5.41, 5.74) is -2.64. The van der Waals surface area contributed by atoms with Crippen molar-refractivity contribution in [3.63, 3.8) is 0 Å². The molecule has 0 aromatic heterocycles. The summed E-state index contributed by atoms with van der Waals surface area (Å²) in [7, 11) is 0. The molecule has 3 aromatic carbocycles. The van der Waals surface area contributed by atoms with E-state index in [1.54, 1.807) is 0 Å². The zero-order valence-corrected chi connectivity index (χ0v) is 15.1. The average molecular weight is 464 g/mol. The Kier molecular flexibility index (Phi) is 6.32. The number of hydrogen-bond acceptors (Lipinski definition) is 2. The van der Waals surface area contributed by atoms with Gasteiger partial charge in [-0.05, 0) is 11.1 Å². The van der Waals surface area contributed by atoms with Crippen molar-refractivity contribution in [1.82, 2.24) is 0 Å². The van der Waals surface area contributed by atoms with Crippen LogP contribution in [0.1, 0.15) is 11.1 Å². The Bertz CT molecular complexity index is 1110. The minimum absolute atomic E-state index is 0.0994. The lowest BCUT2D eigenvalue weighted by molar-refractivity contribution is 0.381. The molecule has 0 unspecified atom stereocenters. The summed E-state index contributed by atoms with van der Waals surface area (Å²) in [6.45, 7) is 0. The van der Waals surface area contributed by atoms with Crippen molar-refractivity contribution in [2.45, 2.75) is 0 Å². The quantitative estimate of drug-likeness (QED) is 0.180. The first-order valence-corrected chi connectivity index (χ1v) is 8.25. The summed E-state index contributed by atoms with van der Waals surface area (Å²) in [6.07, 6.45) is 1.53. The molecule has 32 heavy (non-hydrogen) atoms. The maximum Gasteiger partial charge on any atom is 0.200 e. The lowest BCUT2D eigenvalue weighted by atomic mass is 10.1. The molecule has 0 saturated heterocycles. The Labute approximate surface area is 172 Å². The van der Waals surface area contributed by atoms with E-state index in [0.717, 1.165) is 12.4 Å². The SMILES string of the molecule is Fc1c(F)c(F)c(N=Cc2ccc(C=Nc3c(F)c(F)c(F)c(F)c3F)cc2)c(F)c1F. The lowest BCUT2D eigenvalue weighted by Crippen LogP contribution is -2.01. The summed E-state index contributed by atoms with van der Waals surface area (Å²) in [5, 5.41) is 0. The number of benzene rings is 3. The fraction of sp³-hybridized carbons (Fsp3) is 0. The molecule has 12 heteroatoms. The van der Waals surface area contributed by atoms with Crippen molar-refractivity contribution < 1.29 is 43.9 Å². The van der Waals surface area contributed by atoms with E-state index < -0.39 is 69.5 Å². The summed E-state index contributed by atoms with van der Waals surface area (Å²) >= 11 is 0. The van der Waals surface area contributed by atoms with E-state index in [0.29, 0.717) is 0 Å². The summed E-state index contributed by atoms with van der Waals surface area (Å²) in [4.78, 5) is 6.48. The molecule has 0 bridgehead atoms. The van der Waals surface area contributed by atoms with E-state index in [1.807, 2.05) is 0 Å². The first kappa shape index (κ1) is 23.0. The summed E-state index contributed by atoms with van der Waals surface area (Å²) in [5.74, 6) is -21.9. The van der Waals surface area contributed by atoms with Crippen LogP contribution in [0, 0.1) is 58.2 Å². The molecule has 0 spiro atoms. The Morgan fingerprint density at radius 3 is 0.844 bits per heavy atom. The van der Waals surface area contributed by atoms with Gasteiger partial charge in [-0.15, -0.1) is 0 Å². The van der Waals surface area contributed by atoms with Crippen molar-refractivity contribution in [1.29, 1.82) is 0 Å². The highest BCUT2D eigenvalue weighted by Gasteiger charge is 2.26. The molecule has 0 amide bonds. The second kappa shape index (κ2) is 8.81. The summed E-state index contributed by atoms with van der Waals surface area (Å²) in [6, 6.07) is 4.82. The van der Waals surface area contributed by atoms with Gasteiger partial charge in [0.05, 0.1) is 0 Å². The smallest absolute Gasteiger partial charge is 0.200 e. The number of rotatable bonds is 4. The van der Waals surface area contributed by atoms with Crippen LogP contribution < -0.4 is 0 Å². The van der Waals surface area contributed by atoms with E-state index in [1.165, 1.54) is 24.3 Å². The van der Waals surface area contributed by atoms with Crippen LogP contribution in [0.25, 0.3) is 0 Å². The summed E-state index contributed by atoms with van der Waals surface area (Å²) < 4.78 is 133. The Morgan fingerprint density at radius 1 is 0.375 bits per heavy atom. The van der Waals surface area contributed by atoms with Crippen LogP contribution in [0.5, 0.6) is 0 Å². The molecule has 2 nitrogen and oxygen atoms in total. The number of halogens is 10. The van der Waals surface area contributed by atoms with Gasteiger partial charge in [0.15, 0.2) is 46.5 Å². The van der Waals surface area contributed by atoms with Crippen molar-refractivity contribution in [2.24, 2.45) is 9.98 Å². The number of nitrogens with zero attached hydrogens (tertiary/aromatic N) is 2. The topological polar surface area (TPSA) is 24.7 Å². The Morgan fingerprint density at radius 2 is 0.594 bits per heavy atom. The molecule has 3 aromatic rings. The average Bonchev–Trinajstić information content (AvgIpc) is 2.79. The third kappa shape index (κ3) is 4.07. The Hall–Kier alpha value is -3.70. The van der Waals surface area contributed by atoms with Crippen molar-refractivity contribution in [2.75, 3.05) is 0 Å². The van der Waals surface area contributed by atoms with E-state index in [2.05, 4.69) is 9.98 Å². The van der Waals surface area contributed by atoms with Crippen LogP contribution in [0.4, 0.5) is 55.3 Å². The third-order valence-electron chi connectivity index (χ3n) is 4.00. The van der Waals surface area contributed by atoms with Gasteiger partial charge >= 0.3 is 0 Å². The minimum atomic E-state index is -2.34. The molecule has 0 saturated carbocycles. The van der Waals surface area contributed by atoms with Crippen LogP contribution in [-0.4, -0.2) is 12.4 Å². The minimum Gasteiger partial charge on any atom is -0.250 e. The van der Waals surface area contributed by atoms with Gasteiger partial charge in [-0.25, -0.2) is 53.9 Å². The maximum absolute atomic E-state index is 13.6. The molecule has 0 atom stereocenters. The molecule has 166 valence electrons. The predicted octanol–water partition coefficient (Wildman–Crippen LogP) is 6.58. The normalized spacial score (nSPS) is 11.8. The van der Waals surface area contributed by atoms with Crippen molar-refractivity contribution in [3.8, 4) is 0 Å². The van der Waals surface area contributed by atoms with Crippen molar-refractivity contribution >= 4 is 23.8 Å². The highest BCUT2D eigenvalue weighted by molar-refractivity contribution is 5.86. The zero-order valence-electron chi connectivity index (χ0n) is 15.1. The molecule has 0 heterocycles. The van der Waals surface area contributed by atoms with Crippen molar-refractivity contribution in [3.05, 3.63) is 93.6 Å². The first-order valence-electron chi connectivity index (χ1n) is 8.25. The van der Waals surface area contributed by atoms with Gasteiger partial charge in [-0.3, -0.25) is 0 Å². The third-order valence-corrected chi connectivity index (χ3v) is 4.00.